The quantitative estimate of drug-likeness (QED) is 0.412. The Labute approximate surface area is 140 Å². The van der Waals surface area contributed by atoms with E-state index in [1.807, 2.05) is 0 Å². The molecule has 0 heterocycles. The molecule has 1 atom stereocenters. The summed E-state index contributed by atoms with van der Waals surface area (Å²) in [6.07, 6.45) is 3.73. The summed E-state index contributed by atoms with van der Waals surface area (Å²) in [5.41, 5.74) is 4.36. The zero-order valence-electron chi connectivity index (χ0n) is 13.7. The zero-order chi connectivity index (χ0) is 15.7. The van der Waals surface area contributed by atoms with Crippen LogP contribution in [0.4, 0.5) is 0 Å². The molecule has 1 rings (SSSR count). The lowest BCUT2D eigenvalue weighted by atomic mass is 9.90. The van der Waals surface area contributed by atoms with Gasteiger partial charge in [0.25, 0.3) is 0 Å². The SMILES string of the molecule is Cc1cccc(C(C)CCCCN(CCCl)CCCl)c1C. The van der Waals surface area contributed by atoms with Crippen LogP contribution in [0.15, 0.2) is 18.2 Å². The first kappa shape index (κ1) is 18.8. The van der Waals surface area contributed by atoms with Gasteiger partial charge in [-0.3, -0.25) is 0 Å². The molecule has 0 aromatic heterocycles. The lowest BCUT2D eigenvalue weighted by Gasteiger charge is -2.21. The van der Waals surface area contributed by atoms with Gasteiger partial charge in [0, 0.05) is 24.8 Å². The largest absolute Gasteiger partial charge is 0.301 e. The van der Waals surface area contributed by atoms with E-state index in [1.54, 1.807) is 0 Å². The van der Waals surface area contributed by atoms with Gasteiger partial charge >= 0.3 is 0 Å². The minimum Gasteiger partial charge on any atom is -0.301 e. The van der Waals surface area contributed by atoms with Gasteiger partial charge in [-0.25, -0.2) is 0 Å². The fourth-order valence-corrected chi connectivity index (χ4v) is 3.30. The van der Waals surface area contributed by atoms with E-state index < -0.39 is 0 Å². The molecular formula is C18H29Cl2N. The maximum atomic E-state index is 5.82. The van der Waals surface area contributed by atoms with E-state index in [9.17, 15) is 0 Å². The van der Waals surface area contributed by atoms with Gasteiger partial charge in [0.15, 0.2) is 0 Å². The third-order valence-corrected chi connectivity index (χ3v) is 4.68. The van der Waals surface area contributed by atoms with E-state index in [4.69, 9.17) is 23.2 Å². The second kappa shape index (κ2) is 10.5. The van der Waals surface area contributed by atoms with Gasteiger partial charge in [0.1, 0.15) is 0 Å². The highest BCUT2D eigenvalue weighted by molar-refractivity contribution is 6.18. The fourth-order valence-electron chi connectivity index (χ4n) is 2.82. The summed E-state index contributed by atoms with van der Waals surface area (Å²) in [7, 11) is 0. The van der Waals surface area contributed by atoms with Gasteiger partial charge in [-0.05, 0) is 55.8 Å². The molecule has 0 fully saturated rings. The number of rotatable bonds is 10. The Hall–Kier alpha value is -0.240. The van der Waals surface area contributed by atoms with Crippen LogP contribution >= 0.6 is 23.2 Å². The Bertz CT molecular complexity index is 400. The molecule has 1 aromatic rings. The van der Waals surface area contributed by atoms with Crippen LogP contribution < -0.4 is 0 Å². The van der Waals surface area contributed by atoms with Crippen molar-refractivity contribution in [2.45, 2.75) is 46.0 Å². The maximum Gasteiger partial charge on any atom is 0.0351 e. The number of halogens is 2. The molecule has 0 bridgehead atoms. The first-order valence-corrected chi connectivity index (χ1v) is 9.07. The summed E-state index contributed by atoms with van der Waals surface area (Å²) in [4.78, 5) is 2.36. The average Bonchev–Trinajstić information content (AvgIpc) is 2.46. The Balaban J connectivity index is 2.36. The van der Waals surface area contributed by atoms with Gasteiger partial charge in [0.2, 0.25) is 0 Å². The first-order valence-electron chi connectivity index (χ1n) is 8.00. The van der Waals surface area contributed by atoms with Crippen molar-refractivity contribution in [3.63, 3.8) is 0 Å². The molecule has 0 N–H and O–H groups in total. The minimum absolute atomic E-state index is 0.638. The third-order valence-electron chi connectivity index (χ3n) is 4.34. The highest BCUT2D eigenvalue weighted by atomic mass is 35.5. The Morgan fingerprint density at radius 1 is 1.00 bits per heavy atom. The molecule has 0 spiro atoms. The molecule has 1 aromatic carbocycles. The van der Waals surface area contributed by atoms with Crippen LogP contribution in [0.1, 0.15) is 48.8 Å². The lowest BCUT2D eigenvalue weighted by molar-refractivity contribution is 0.298. The van der Waals surface area contributed by atoms with Gasteiger partial charge < -0.3 is 4.90 Å². The summed E-state index contributed by atoms with van der Waals surface area (Å²) in [5.74, 6) is 2.02. The van der Waals surface area contributed by atoms with E-state index in [0.717, 1.165) is 19.6 Å². The molecule has 1 unspecified atom stereocenters. The third kappa shape index (κ3) is 6.59. The van der Waals surface area contributed by atoms with Crippen molar-refractivity contribution < 1.29 is 0 Å². The van der Waals surface area contributed by atoms with Crippen LogP contribution in [0.25, 0.3) is 0 Å². The maximum absolute atomic E-state index is 5.82. The number of alkyl halides is 2. The van der Waals surface area contributed by atoms with Crippen LogP contribution in [0.3, 0.4) is 0 Å². The molecule has 21 heavy (non-hydrogen) atoms. The van der Waals surface area contributed by atoms with Crippen LogP contribution in [-0.2, 0) is 0 Å². The molecule has 0 radical (unpaired) electrons. The Morgan fingerprint density at radius 3 is 2.29 bits per heavy atom. The summed E-state index contributed by atoms with van der Waals surface area (Å²) >= 11 is 11.6. The van der Waals surface area contributed by atoms with E-state index in [2.05, 4.69) is 43.9 Å². The molecule has 120 valence electrons. The second-order valence-corrected chi connectivity index (χ2v) is 6.66. The molecule has 0 saturated carbocycles. The van der Waals surface area contributed by atoms with Gasteiger partial charge in [0.05, 0.1) is 0 Å². The molecule has 1 nitrogen and oxygen atoms in total. The number of aryl methyl sites for hydroxylation is 1. The normalized spacial score (nSPS) is 12.9. The van der Waals surface area contributed by atoms with Crippen molar-refractivity contribution in [3.05, 3.63) is 34.9 Å². The predicted octanol–water partition coefficient (Wildman–Crippen LogP) is 5.36. The van der Waals surface area contributed by atoms with Gasteiger partial charge in [-0.15, -0.1) is 23.2 Å². The number of benzene rings is 1. The topological polar surface area (TPSA) is 3.24 Å². The van der Waals surface area contributed by atoms with Crippen LogP contribution in [-0.4, -0.2) is 36.3 Å². The fraction of sp³-hybridized carbons (Fsp3) is 0.667. The number of hydrogen-bond donors (Lipinski definition) is 0. The molecule has 0 saturated heterocycles. The summed E-state index contributed by atoms with van der Waals surface area (Å²) in [6, 6.07) is 6.65. The van der Waals surface area contributed by atoms with Crippen molar-refractivity contribution in [1.29, 1.82) is 0 Å². The highest BCUT2D eigenvalue weighted by Crippen LogP contribution is 2.26. The summed E-state index contributed by atoms with van der Waals surface area (Å²) < 4.78 is 0. The molecular weight excluding hydrogens is 301 g/mol. The van der Waals surface area contributed by atoms with Crippen molar-refractivity contribution in [2.24, 2.45) is 0 Å². The van der Waals surface area contributed by atoms with Crippen LogP contribution in [0, 0.1) is 13.8 Å². The Kier molecular flexibility index (Phi) is 9.39. The van der Waals surface area contributed by atoms with E-state index in [-0.39, 0.29) is 0 Å². The number of nitrogens with zero attached hydrogens (tertiary/aromatic N) is 1. The standard InChI is InChI=1S/C18H29Cl2N/c1-15-8-6-9-18(17(15)3)16(2)7-4-5-12-21(13-10-19)14-11-20/h6,8-9,16H,4-5,7,10-14H2,1-3H3. The molecule has 3 heteroatoms. The second-order valence-electron chi connectivity index (χ2n) is 5.91. The molecule has 0 aliphatic rings. The van der Waals surface area contributed by atoms with E-state index in [0.29, 0.717) is 17.7 Å². The van der Waals surface area contributed by atoms with Crippen LogP contribution in [0.5, 0.6) is 0 Å². The highest BCUT2D eigenvalue weighted by Gasteiger charge is 2.10. The summed E-state index contributed by atoms with van der Waals surface area (Å²) in [5, 5.41) is 0. The van der Waals surface area contributed by atoms with Crippen molar-refractivity contribution in [1.82, 2.24) is 4.90 Å². The monoisotopic (exact) mass is 329 g/mol. The summed E-state index contributed by atoms with van der Waals surface area (Å²) in [6.45, 7) is 9.78. The van der Waals surface area contributed by atoms with E-state index in [1.165, 1.54) is 36.0 Å². The van der Waals surface area contributed by atoms with Gasteiger partial charge in [-0.2, -0.15) is 0 Å². The average molecular weight is 330 g/mol. The van der Waals surface area contributed by atoms with Crippen molar-refractivity contribution in [2.75, 3.05) is 31.4 Å². The zero-order valence-corrected chi connectivity index (χ0v) is 15.2. The van der Waals surface area contributed by atoms with Crippen molar-refractivity contribution in [3.8, 4) is 0 Å². The lowest BCUT2D eigenvalue weighted by Crippen LogP contribution is -2.29. The van der Waals surface area contributed by atoms with Crippen LogP contribution in [0.2, 0.25) is 0 Å². The first-order chi connectivity index (χ1) is 10.1. The minimum atomic E-state index is 0.638. The van der Waals surface area contributed by atoms with Crippen molar-refractivity contribution >= 4 is 23.2 Å². The smallest absolute Gasteiger partial charge is 0.0351 e. The van der Waals surface area contributed by atoms with E-state index >= 15 is 0 Å². The predicted molar refractivity (Wildman–Crippen MR) is 96.1 cm³/mol. The number of unbranched alkanes of at least 4 members (excludes halogenated alkanes) is 1. The Morgan fingerprint density at radius 2 is 1.67 bits per heavy atom. The molecule has 0 aliphatic carbocycles. The molecule has 0 aliphatic heterocycles. The van der Waals surface area contributed by atoms with Gasteiger partial charge in [-0.1, -0.05) is 31.5 Å². The number of hydrogen-bond acceptors (Lipinski definition) is 1. The molecule has 0 amide bonds.